The highest BCUT2D eigenvalue weighted by Gasteiger charge is 2.21. The largest absolute Gasteiger partial charge is 0.495 e. The van der Waals surface area contributed by atoms with Crippen molar-refractivity contribution < 1.29 is 14.6 Å². The molecule has 0 aliphatic carbocycles. The first-order valence-electron chi connectivity index (χ1n) is 6.71. The molecule has 7 nitrogen and oxygen atoms in total. The van der Waals surface area contributed by atoms with Crippen LogP contribution in [0.1, 0.15) is 0 Å². The van der Waals surface area contributed by atoms with Gasteiger partial charge in [0.1, 0.15) is 18.1 Å². The number of aromatic amines is 1. The molecule has 23 heavy (non-hydrogen) atoms. The Morgan fingerprint density at radius 2 is 2.26 bits per heavy atom. The zero-order valence-corrected chi connectivity index (χ0v) is 12.9. The number of carboxylic acids is 1. The molecule has 0 aliphatic heterocycles. The van der Waals surface area contributed by atoms with Crippen molar-refractivity contribution in [2.24, 2.45) is 0 Å². The fourth-order valence-electron chi connectivity index (χ4n) is 2.35. The zero-order valence-electron chi connectivity index (χ0n) is 12.2. The number of benzene rings is 1. The quantitative estimate of drug-likeness (QED) is 0.746. The van der Waals surface area contributed by atoms with Crippen LogP contribution in [0.3, 0.4) is 0 Å². The molecule has 2 heterocycles. The van der Waals surface area contributed by atoms with Crippen LogP contribution in [0, 0.1) is 0 Å². The van der Waals surface area contributed by atoms with Crippen LogP contribution in [0.25, 0.3) is 10.9 Å². The Kier molecular flexibility index (Phi) is 4.03. The van der Waals surface area contributed by atoms with E-state index in [0.29, 0.717) is 27.7 Å². The van der Waals surface area contributed by atoms with Crippen LogP contribution in [0.4, 0.5) is 11.5 Å². The molecule has 3 rings (SSSR count). The van der Waals surface area contributed by atoms with Crippen molar-refractivity contribution in [3.05, 3.63) is 41.7 Å². The molecular formula is C15H13ClN4O3. The van der Waals surface area contributed by atoms with Crippen LogP contribution >= 0.6 is 11.6 Å². The maximum absolute atomic E-state index is 11.3. The highest BCUT2D eigenvalue weighted by Crippen LogP contribution is 2.37. The lowest BCUT2D eigenvalue weighted by Crippen LogP contribution is -2.26. The minimum Gasteiger partial charge on any atom is -0.495 e. The third-order valence-electron chi connectivity index (χ3n) is 3.33. The van der Waals surface area contributed by atoms with E-state index >= 15 is 0 Å². The molecule has 8 heteroatoms. The van der Waals surface area contributed by atoms with Crippen LogP contribution in [0.2, 0.25) is 5.02 Å². The van der Waals surface area contributed by atoms with E-state index in [0.717, 1.165) is 5.52 Å². The minimum absolute atomic E-state index is 0.298. The summed E-state index contributed by atoms with van der Waals surface area (Å²) in [6.45, 7) is -0.298. The van der Waals surface area contributed by atoms with E-state index in [9.17, 15) is 9.90 Å². The van der Waals surface area contributed by atoms with Crippen molar-refractivity contribution >= 4 is 40.0 Å². The number of H-pyrrole nitrogens is 1. The van der Waals surface area contributed by atoms with Gasteiger partial charge in [-0.3, -0.25) is 9.89 Å². The molecule has 0 saturated heterocycles. The number of aliphatic carboxylic acids is 1. The van der Waals surface area contributed by atoms with Crippen molar-refractivity contribution in [2.75, 3.05) is 18.6 Å². The number of methoxy groups -OCH3 is 1. The highest BCUT2D eigenvalue weighted by molar-refractivity contribution is 6.31. The van der Waals surface area contributed by atoms with Crippen molar-refractivity contribution in [1.29, 1.82) is 0 Å². The first-order valence-corrected chi connectivity index (χ1v) is 7.09. The van der Waals surface area contributed by atoms with Crippen LogP contribution in [-0.4, -0.2) is 39.9 Å². The molecule has 0 fully saturated rings. The topological polar surface area (TPSA) is 91.3 Å². The Morgan fingerprint density at radius 1 is 1.43 bits per heavy atom. The van der Waals surface area contributed by atoms with E-state index in [1.54, 1.807) is 36.7 Å². The van der Waals surface area contributed by atoms with Crippen molar-refractivity contribution in [3.63, 3.8) is 0 Å². The fourth-order valence-corrected chi connectivity index (χ4v) is 2.52. The molecule has 0 spiro atoms. The maximum atomic E-state index is 11.3. The van der Waals surface area contributed by atoms with Crippen molar-refractivity contribution in [3.8, 4) is 5.75 Å². The monoisotopic (exact) mass is 332 g/mol. The summed E-state index contributed by atoms with van der Waals surface area (Å²) in [5.41, 5.74) is 1.27. The number of rotatable bonds is 5. The lowest BCUT2D eigenvalue weighted by Gasteiger charge is -2.24. The summed E-state index contributed by atoms with van der Waals surface area (Å²) in [6, 6.07) is 6.76. The van der Waals surface area contributed by atoms with E-state index < -0.39 is 5.97 Å². The van der Waals surface area contributed by atoms with Gasteiger partial charge in [-0.25, -0.2) is 4.98 Å². The Labute approximate surface area is 136 Å². The molecule has 118 valence electrons. The maximum Gasteiger partial charge on any atom is 0.323 e. The zero-order chi connectivity index (χ0) is 16.4. The van der Waals surface area contributed by atoms with Crippen LogP contribution in [-0.2, 0) is 4.79 Å². The van der Waals surface area contributed by atoms with E-state index in [1.165, 1.54) is 12.0 Å². The van der Waals surface area contributed by atoms with Gasteiger partial charge < -0.3 is 14.7 Å². The number of hydrogen-bond donors (Lipinski definition) is 2. The number of nitrogens with one attached hydrogen (secondary N) is 1. The summed E-state index contributed by atoms with van der Waals surface area (Å²) in [5.74, 6) is -0.0495. The second kappa shape index (κ2) is 6.13. The van der Waals surface area contributed by atoms with Gasteiger partial charge in [-0.05, 0) is 24.3 Å². The van der Waals surface area contributed by atoms with E-state index in [1.807, 2.05) is 0 Å². The Balaban J connectivity index is 2.21. The molecule has 0 aliphatic rings. The van der Waals surface area contributed by atoms with E-state index in [4.69, 9.17) is 16.3 Å². The molecule has 0 radical (unpaired) electrons. The van der Waals surface area contributed by atoms with Gasteiger partial charge in [-0.2, -0.15) is 5.10 Å². The van der Waals surface area contributed by atoms with Crippen LogP contribution in [0.15, 0.2) is 36.7 Å². The summed E-state index contributed by atoms with van der Waals surface area (Å²) in [5, 5.41) is 17.3. The third kappa shape index (κ3) is 2.91. The number of halogens is 1. The predicted octanol–water partition coefficient (Wildman–Crippen LogP) is 2.84. The fraction of sp³-hybridized carbons (Fsp3) is 0.133. The number of pyridine rings is 1. The number of carboxylic acid groups (broad SMARTS) is 1. The normalized spacial score (nSPS) is 10.7. The van der Waals surface area contributed by atoms with Gasteiger partial charge >= 0.3 is 5.97 Å². The van der Waals surface area contributed by atoms with Gasteiger partial charge in [0.15, 0.2) is 0 Å². The molecule has 0 unspecified atom stereocenters. The Bertz CT molecular complexity index is 865. The number of aromatic nitrogens is 3. The number of ether oxygens (including phenoxy) is 1. The molecule has 0 saturated carbocycles. The van der Waals surface area contributed by atoms with Gasteiger partial charge in [0.05, 0.1) is 29.9 Å². The van der Waals surface area contributed by atoms with Gasteiger partial charge in [-0.15, -0.1) is 0 Å². The number of fused-ring (bicyclic) bond motifs is 1. The third-order valence-corrected chi connectivity index (χ3v) is 3.56. The molecular weight excluding hydrogens is 320 g/mol. The van der Waals surface area contributed by atoms with Gasteiger partial charge in [-0.1, -0.05) is 11.6 Å². The van der Waals surface area contributed by atoms with E-state index in [-0.39, 0.29) is 6.54 Å². The van der Waals surface area contributed by atoms with Gasteiger partial charge in [0.25, 0.3) is 0 Å². The molecule has 2 N–H and O–H groups in total. The summed E-state index contributed by atoms with van der Waals surface area (Å²) >= 11 is 6.07. The standard InChI is InChI=1S/C15H13ClN4O3/c1-23-13-3-2-9(16)6-12(13)20(8-14(21)22)15-10-7-18-19-11(10)4-5-17-15/h2-7H,8H2,1H3,(H,18,19)(H,21,22). The second-order valence-corrected chi connectivity index (χ2v) is 5.20. The molecule has 0 bridgehead atoms. The summed E-state index contributed by atoms with van der Waals surface area (Å²) in [6.07, 6.45) is 3.19. The average molecular weight is 333 g/mol. The first kappa shape index (κ1) is 15.1. The molecule has 0 atom stereocenters. The van der Waals surface area contributed by atoms with Gasteiger partial charge in [0.2, 0.25) is 0 Å². The summed E-state index contributed by atoms with van der Waals surface area (Å²) in [4.78, 5) is 17.2. The summed E-state index contributed by atoms with van der Waals surface area (Å²) in [7, 11) is 1.51. The predicted molar refractivity (Wildman–Crippen MR) is 86.5 cm³/mol. The van der Waals surface area contributed by atoms with Crippen molar-refractivity contribution in [1.82, 2.24) is 15.2 Å². The summed E-state index contributed by atoms with van der Waals surface area (Å²) < 4.78 is 5.33. The molecule has 1 aromatic carbocycles. The number of hydrogen-bond acceptors (Lipinski definition) is 5. The van der Waals surface area contributed by atoms with Gasteiger partial charge in [0, 0.05) is 11.2 Å². The van der Waals surface area contributed by atoms with Crippen LogP contribution in [0.5, 0.6) is 5.75 Å². The van der Waals surface area contributed by atoms with E-state index in [2.05, 4.69) is 15.2 Å². The number of anilines is 2. The van der Waals surface area contributed by atoms with Crippen LogP contribution < -0.4 is 9.64 Å². The highest BCUT2D eigenvalue weighted by atomic mass is 35.5. The molecule has 0 amide bonds. The van der Waals surface area contributed by atoms with Crippen molar-refractivity contribution in [2.45, 2.75) is 0 Å². The number of nitrogens with zero attached hydrogens (tertiary/aromatic N) is 3. The number of carbonyl (C=O) groups is 1. The lowest BCUT2D eigenvalue weighted by atomic mass is 10.2. The SMILES string of the molecule is COc1ccc(Cl)cc1N(CC(=O)O)c1nccc2[nH]ncc12. The molecule has 3 aromatic rings. The Morgan fingerprint density at radius 3 is 3.00 bits per heavy atom. The second-order valence-electron chi connectivity index (χ2n) is 4.76. The smallest absolute Gasteiger partial charge is 0.323 e. The lowest BCUT2D eigenvalue weighted by molar-refractivity contribution is -0.135. The average Bonchev–Trinajstić information content (AvgIpc) is 3.01. The minimum atomic E-state index is -1.01. The molecule has 2 aromatic heterocycles. The Hall–Kier alpha value is -2.80. The first-order chi connectivity index (χ1) is 11.1.